The number of non-ortho nitro benzene ring substituents is 1. The predicted octanol–water partition coefficient (Wildman–Crippen LogP) is 1.17. The average molecular weight is 247 g/mol. The highest BCUT2D eigenvalue weighted by Crippen LogP contribution is 2.44. The van der Waals surface area contributed by atoms with Crippen LogP contribution in [0.15, 0.2) is 18.2 Å². The predicted molar refractivity (Wildman–Crippen MR) is 65.5 cm³/mol. The van der Waals surface area contributed by atoms with E-state index in [2.05, 4.69) is 10.6 Å². The van der Waals surface area contributed by atoms with Crippen LogP contribution in [-0.4, -0.2) is 23.9 Å². The number of nitro groups is 1. The molecular formula is C12H13N3O3. The maximum atomic E-state index is 12.2. The Kier molecular flexibility index (Phi) is 2.34. The first-order valence-electron chi connectivity index (χ1n) is 5.95. The SMILES string of the molecule is O=C1Nc2ccc([N+](=O)[O-])cc2C12CCNCC2. The summed E-state index contributed by atoms with van der Waals surface area (Å²) in [4.78, 5) is 22.6. The van der Waals surface area contributed by atoms with Crippen molar-refractivity contribution in [2.75, 3.05) is 18.4 Å². The number of carbonyl (C=O) groups is 1. The summed E-state index contributed by atoms with van der Waals surface area (Å²) in [5.41, 5.74) is 0.964. The first-order valence-corrected chi connectivity index (χ1v) is 5.95. The Hall–Kier alpha value is -1.95. The lowest BCUT2D eigenvalue weighted by Gasteiger charge is -2.31. The fourth-order valence-corrected chi connectivity index (χ4v) is 2.86. The van der Waals surface area contributed by atoms with Crippen molar-refractivity contribution >= 4 is 17.3 Å². The Balaban J connectivity index is 2.12. The van der Waals surface area contributed by atoms with Gasteiger partial charge in [0.2, 0.25) is 5.91 Å². The van der Waals surface area contributed by atoms with Crippen LogP contribution in [0.5, 0.6) is 0 Å². The molecule has 1 spiro atoms. The summed E-state index contributed by atoms with van der Waals surface area (Å²) >= 11 is 0. The van der Waals surface area contributed by atoms with Crippen molar-refractivity contribution < 1.29 is 9.72 Å². The van der Waals surface area contributed by atoms with Gasteiger partial charge in [0, 0.05) is 17.8 Å². The van der Waals surface area contributed by atoms with Gasteiger partial charge >= 0.3 is 0 Å². The second-order valence-electron chi connectivity index (χ2n) is 4.77. The van der Waals surface area contributed by atoms with E-state index in [9.17, 15) is 14.9 Å². The van der Waals surface area contributed by atoms with Crippen LogP contribution in [-0.2, 0) is 10.2 Å². The molecule has 0 atom stereocenters. The fraction of sp³-hybridized carbons (Fsp3) is 0.417. The van der Waals surface area contributed by atoms with E-state index < -0.39 is 10.3 Å². The molecule has 0 aromatic heterocycles. The first-order chi connectivity index (χ1) is 8.63. The molecule has 1 saturated heterocycles. The van der Waals surface area contributed by atoms with E-state index in [-0.39, 0.29) is 11.6 Å². The maximum absolute atomic E-state index is 12.2. The van der Waals surface area contributed by atoms with Gasteiger partial charge in [-0.25, -0.2) is 0 Å². The lowest BCUT2D eigenvalue weighted by Crippen LogP contribution is -2.44. The Morgan fingerprint density at radius 3 is 2.67 bits per heavy atom. The van der Waals surface area contributed by atoms with E-state index in [4.69, 9.17) is 0 Å². The molecule has 6 nitrogen and oxygen atoms in total. The summed E-state index contributed by atoms with van der Waals surface area (Å²) in [6.07, 6.45) is 1.38. The second kappa shape index (κ2) is 3.78. The number of amides is 1. The van der Waals surface area contributed by atoms with E-state index in [1.54, 1.807) is 12.1 Å². The van der Waals surface area contributed by atoms with Crippen molar-refractivity contribution in [2.24, 2.45) is 0 Å². The van der Waals surface area contributed by atoms with Crippen molar-refractivity contribution in [3.8, 4) is 0 Å². The quantitative estimate of drug-likeness (QED) is 0.576. The van der Waals surface area contributed by atoms with Gasteiger partial charge in [0.05, 0.1) is 10.3 Å². The molecule has 18 heavy (non-hydrogen) atoms. The molecule has 1 amide bonds. The summed E-state index contributed by atoms with van der Waals surface area (Å²) in [5, 5.41) is 16.9. The van der Waals surface area contributed by atoms with Gasteiger partial charge in [-0.2, -0.15) is 0 Å². The number of hydrogen-bond donors (Lipinski definition) is 2. The third-order valence-electron chi connectivity index (χ3n) is 3.87. The van der Waals surface area contributed by atoms with Crippen LogP contribution in [0, 0.1) is 10.1 Å². The topological polar surface area (TPSA) is 84.3 Å². The number of nitrogens with zero attached hydrogens (tertiary/aromatic N) is 1. The molecule has 0 radical (unpaired) electrons. The van der Waals surface area contributed by atoms with E-state index in [0.29, 0.717) is 18.5 Å². The van der Waals surface area contributed by atoms with Gasteiger partial charge in [-0.05, 0) is 37.6 Å². The first kappa shape index (κ1) is 11.2. The number of nitro benzene ring substituents is 1. The van der Waals surface area contributed by atoms with Crippen molar-refractivity contribution in [3.05, 3.63) is 33.9 Å². The fourth-order valence-electron chi connectivity index (χ4n) is 2.86. The number of benzene rings is 1. The van der Waals surface area contributed by atoms with Gasteiger partial charge in [-0.1, -0.05) is 0 Å². The van der Waals surface area contributed by atoms with Gasteiger partial charge in [0.1, 0.15) is 0 Å². The zero-order valence-electron chi connectivity index (χ0n) is 9.73. The minimum absolute atomic E-state index is 0.0282. The lowest BCUT2D eigenvalue weighted by atomic mass is 9.74. The summed E-state index contributed by atoms with van der Waals surface area (Å²) in [5.74, 6) is -0.0282. The Bertz CT molecular complexity index is 535. The van der Waals surface area contributed by atoms with Crippen LogP contribution in [0.25, 0.3) is 0 Å². The summed E-state index contributed by atoms with van der Waals surface area (Å²) in [6.45, 7) is 1.52. The molecule has 6 heteroatoms. The van der Waals surface area contributed by atoms with E-state index in [1.165, 1.54) is 6.07 Å². The average Bonchev–Trinajstić information content (AvgIpc) is 2.63. The molecule has 2 aliphatic rings. The minimum Gasteiger partial charge on any atom is -0.325 e. The van der Waals surface area contributed by atoms with Crippen molar-refractivity contribution in [3.63, 3.8) is 0 Å². The van der Waals surface area contributed by atoms with Crippen molar-refractivity contribution in [1.82, 2.24) is 5.32 Å². The highest BCUT2D eigenvalue weighted by molar-refractivity contribution is 6.06. The molecule has 0 aliphatic carbocycles. The standard InChI is InChI=1S/C12H13N3O3/c16-11-12(3-5-13-6-4-12)9-7-8(15(17)18)1-2-10(9)14-11/h1-2,7,13H,3-6H2,(H,14,16). The van der Waals surface area contributed by atoms with Crippen molar-refractivity contribution in [1.29, 1.82) is 0 Å². The number of piperidine rings is 1. The molecule has 0 bridgehead atoms. The number of nitrogens with one attached hydrogen (secondary N) is 2. The summed E-state index contributed by atoms with van der Waals surface area (Å²) in [7, 11) is 0. The Labute approximate surface area is 104 Å². The van der Waals surface area contributed by atoms with E-state index in [1.807, 2.05) is 0 Å². The maximum Gasteiger partial charge on any atom is 0.269 e. The van der Waals surface area contributed by atoms with E-state index in [0.717, 1.165) is 18.7 Å². The molecule has 1 aromatic rings. The monoisotopic (exact) mass is 247 g/mol. The number of rotatable bonds is 1. The van der Waals surface area contributed by atoms with E-state index >= 15 is 0 Å². The molecule has 0 unspecified atom stereocenters. The molecule has 0 saturated carbocycles. The van der Waals surface area contributed by atoms with Gasteiger partial charge in [0.25, 0.3) is 5.69 Å². The molecule has 1 fully saturated rings. The van der Waals surface area contributed by atoms with Gasteiger partial charge < -0.3 is 10.6 Å². The lowest BCUT2D eigenvalue weighted by molar-refractivity contribution is -0.384. The van der Waals surface area contributed by atoms with Crippen LogP contribution in [0.3, 0.4) is 0 Å². The van der Waals surface area contributed by atoms with Gasteiger partial charge in [-0.15, -0.1) is 0 Å². The summed E-state index contributed by atoms with van der Waals surface area (Å²) in [6, 6.07) is 4.60. The minimum atomic E-state index is -0.577. The number of hydrogen-bond acceptors (Lipinski definition) is 4. The third-order valence-corrected chi connectivity index (χ3v) is 3.87. The van der Waals surface area contributed by atoms with Crippen LogP contribution in [0.1, 0.15) is 18.4 Å². The third kappa shape index (κ3) is 1.42. The molecule has 2 N–H and O–H groups in total. The molecule has 1 aromatic carbocycles. The smallest absolute Gasteiger partial charge is 0.269 e. The largest absolute Gasteiger partial charge is 0.325 e. The highest BCUT2D eigenvalue weighted by atomic mass is 16.6. The normalized spacial score (nSPS) is 20.6. The molecule has 94 valence electrons. The summed E-state index contributed by atoms with van der Waals surface area (Å²) < 4.78 is 0. The van der Waals surface area contributed by atoms with Crippen molar-refractivity contribution in [2.45, 2.75) is 18.3 Å². The highest BCUT2D eigenvalue weighted by Gasteiger charge is 2.47. The number of carbonyl (C=O) groups excluding carboxylic acids is 1. The molecular weight excluding hydrogens is 234 g/mol. The Morgan fingerprint density at radius 2 is 2.00 bits per heavy atom. The van der Waals surface area contributed by atoms with Crippen LogP contribution in [0.2, 0.25) is 0 Å². The second-order valence-corrected chi connectivity index (χ2v) is 4.77. The van der Waals surface area contributed by atoms with Crippen LogP contribution < -0.4 is 10.6 Å². The Morgan fingerprint density at radius 1 is 1.28 bits per heavy atom. The number of fused-ring (bicyclic) bond motifs is 2. The van der Waals surface area contributed by atoms with Crippen LogP contribution in [0.4, 0.5) is 11.4 Å². The molecule has 2 heterocycles. The van der Waals surface area contributed by atoms with Crippen LogP contribution >= 0.6 is 0 Å². The number of anilines is 1. The molecule has 3 rings (SSSR count). The van der Waals surface area contributed by atoms with Gasteiger partial charge in [0.15, 0.2) is 0 Å². The molecule has 2 aliphatic heterocycles. The zero-order chi connectivity index (χ0) is 12.8. The zero-order valence-corrected chi connectivity index (χ0v) is 9.73. The van der Waals surface area contributed by atoms with Gasteiger partial charge in [-0.3, -0.25) is 14.9 Å².